The molecule has 0 aliphatic rings. The molecule has 2 nitrogen and oxygen atoms in total. The van der Waals surface area contributed by atoms with E-state index in [1.165, 1.54) is 57.1 Å². The zero-order chi connectivity index (χ0) is 12.5. The Hall–Kier alpha value is -0.790. The first-order chi connectivity index (χ1) is 8.25. The Morgan fingerprint density at radius 3 is 2.31 bits per heavy atom. The van der Waals surface area contributed by atoms with E-state index in [4.69, 9.17) is 1.37 Å². The normalized spacial score (nSPS) is 11.8. The summed E-state index contributed by atoms with van der Waals surface area (Å²) in [5.74, 6) is 0. The molecule has 92 valence electrons. The predicted octanol–water partition coefficient (Wildman–Crippen LogP) is 4.10. The highest BCUT2D eigenvalue weighted by Gasteiger charge is 1.97. The Morgan fingerprint density at radius 1 is 1.12 bits per heavy atom. The summed E-state index contributed by atoms with van der Waals surface area (Å²) >= 11 is 0. The fourth-order valence-electron chi connectivity index (χ4n) is 2.01. The molecule has 16 heavy (non-hydrogen) atoms. The maximum absolute atomic E-state index is 7.50. The highest BCUT2D eigenvalue weighted by molar-refractivity contribution is 4.97. The number of aromatic nitrogens is 2. The second-order valence-electron chi connectivity index (χ2n) is 4.63. The van der Waals surface area contributed by atoms with Crippen molar-refractivity contribution in [2.45, 2.75) is 64.7 Å². The quantitative estimate of drug-likeness (QED) is 0.576. The third-order valence-corrected chi connectivity index (χ3v) is 3.14. The van der Waals surface area contributed by atoms with Gasteiger partial charge in [-0.25, -0.2) is 4.98 Å². The van der Waals surface area contributed by atoms with Gasteiger partial charge in [0.15, 0.2) is 0 Å². The molecule has 1 heterocycles. The van der Waals surface area contributed by atoms with Crippen LogP contribution in [0.3, 0.4) is 0 Å². The molecule has 0 saturated heterocycles. The Bertz CT molecular complexity index is 307. The molecule has 0 amide bonds. The Morgan fingerprint density at radius 2 is 1.75 bits per heavy atom. The van der Waals surface area contributed by atoms with Crippen molar-refractivity contribution in [3.05, 3.63) is 18.2 Å². The molecule has 0 N–H and O–H groups in total. The van der Waals surface area contributed by atoms with E-state index in [9.17, 15) is 0 Å². The van der Waals surface area contributed by atoms with Crippen LogP contribution in [0.2, 0.25) is 0 Å². The maximum atomic E-state index is 7.50. The average molecular weight is 223 g/mol. The van der Waals surface area contributed by atoms with Crippen LogP contribution >= 0.6 is 0 Å². The molecule has 0 aliphatic carbocycles. The van der Waals surface area contributed by atoms with Gasteiger partial charge in [-0.3, -0.25) is 0 Å². The van der Waals surface area contributed by atoms with Crippen LogP contribution in [0, 0.1) is 0 Å². The minimum absolute atomic E-state index is 0.375. The van der Waals surface area contributed by atoms with Gasteiger partial charge in [0.1, 0.15) is 1.37 Å². The largest absolute Gasteiger partial charge is 0.338 e. The molecule has 0 saturated carbocycles. The lowest BCUT2D eigenvalue weighted by Gasteiger charge is -2.02. The summed E-state index contributed by atoms with van der Waals surface area (Å²) in [5, 5.41) is 0. The van der Waals surface area contributed by atoms with Crippen LogP contribution in [0.1, 0.15) is 65.4 Å². The van der Waals surface area contributed by atoms with Gasteiger partial charge in [0.05, 0.1) is 6.30 Å². The summed E-state index contributed by atoms with van der Waals surface area (Å²) in [6.07, 6.45) is 14.1. The smallest absolute Gasteiger partial charge is 0.104 e. The first-order valence-corrected chi connectivity index (χ1v) is 6.73. The Balaban J connectivity index is 1.99. The lowest BCUT2D eigenvalue weighted by molar-refractivity contribution is 0.571. The van der Waals surface area contributed by atoms with E-state index in [1.807, 2.05) is 17.8 Å². The average Bonchev–Trinajstić information content (AvgIpc) is 2.64. The van der Waals surface area contributed by atoms with Gasteiger partial charge in [-0.1, -0.05) is 51.9 Å². The highest BCUT2D eigenvalue weighted by Crippen LogP contribution is 2.10. The maximum Gasteiger partial charge on any atom is 0.104 e. The number of unbranched alkanes of at least 4 members (excludes halogenated alkanes) is 7. The summed E-state index contributed by atoms with van der Waals surface area (Å²) in [7, 11) is 1.93. The van der Waals surface area contributed by atoms with Crippen molar-refractivity contribution in [3.63, 3.8) is 0 Å². The first-order valence-electron chi connectivity index (χ1n) is 7.23. The third kappa shape index (κ3) is 5.34. The van der Waals surface area contributed by atoms with Crippen LogP contribution in [0.15, 0.2) is 12.5 Å². The minimum Gasteiger partial charge on any atom is -0.338 e. The van der Waals surface area contributed by atoms with Crippen molar-refractivity contribution >= 4 is 0 Å². The fraction of sp³-hybridized carbons (Fsp3) is 0.786. The molecule has 0 atom stereocenters. The van der Waals surface area contributed by atoms with E-state index in [2.05, 4.69) is 11.9 Å². The van der Waals surface area contributed by atoms with E-state index < -0.39 is 0 Å². The van der Waals surface area contributed by atoms with Crippen LogP contribution in [0.4, 0.5) is 0 Å². The molecule has 0 fully saturated rings. The number of aryl methyl sites for hydroxylation is 1. The van der Waals surface area contributed by atoms with Crippen LogP contribution in [-0.2, 0) is 13.5 Å². The van der Waals surface area contributed by atoms with Gasteiger partial charge in [0.25, 0.3) is 0 Å². The number of nitrogens with zero attached hydrogens (tertiary/aromatic N) is 2. The van der Waals surface area contributed by atoms with Gasteiger partial charge in [-0.05, 0) is 12.8 Å². The lowest BCUT2D eigenvalue weighted by Crippen LogP contribution is -1.94. The van der Waals surface area contributed by atoms with Crippen LogP contribution in [-0.4, -0.2) is 9.55 Å². The molecule has 0 unspecified atom stereocenters. The van der Waals surface area contributed by atoms with E-state index >= 15 is 0 Å². The Labute approximate surface area is 101 Å². The highest BCUT2D eigenvalue weighted by atomic mass is 15.0. The molecule has 0 aliphatic heterocycles. The molecule has 1 aromatic heterocycles. The van der Waals surface area contributed by atoms with Crippen molar-refractivity contribution < 1.29 is 1.37 Å². The van der Waals surface area contributed by atoms with Gasteiger partial charge in [0.2, 0.25) is 0 Å². The molecule has 0 bridgehead atoms. The minimum atomic E-state index is 0.375. The van der Waals surface area contributed by atoms with Crippen LogP contribution in [0.25, 0.3) is 0 Å². The van der Waals surface area contributed by atoms with Crippen molar-refractivity contribution in [1.82, 2.24) is 9.55 Å². The topological polar surface area (TPSA) is 17.8 Å². The first kappa shape index (κ1) is 11.7. The van der Waals surface area contributed by atoms with E-state index in [-0.39, 0.29) is 0 Å². The lowest BCUT2D eigenvalue weighted by atomic mass is 10.1. The van der Waals surface area contributed by atoms with Crippen LogP contribution < -0.4 is 0 Å². The zero-order valence-corrected chi connectivity index (χ0v) is 10.8. The van der Waals surface area contributed by atoms with Crippen molar-refractivity contribution in [2.75, 3.05) is 0 Å². The molecular weight excluding hydrogens is 196 g/mol. The molecule has 0 radical (unpaired) electrons. The van der Waals surface area contributed by atoms with Gasteiger partial charge in [0, 0.05) is 18.9 Å². The van der Waals surface area contributed by atoms with Gasteiger partial charge < -0.3 is 4.57 Å². The van der Waals surface area contributed by atoms with Crippen molar-refractivity contribution in [2.24, 2.45) is 7.05 Å². The summed E-state index contributed by atoms with van der Waals surface area (Å²) < 4.78 is 9.38. The number of rotatable bonds is 9. The molecular formula is C14H26N2. The summed E-state index contributed by atoms with van der Waals surface area (Å²) in [6.45, 7) is 2.26. The molecule has 2 heteroatoms. The molecule has 1 aromatic rings. The van der Waals surface area contributed by atoms with Crippen LogP contribution in [0.5, 0.6) is 0 Å². The SMILES string of the molecule is [2H]c1ncc(CCCCCCCCCC)n1C. The third-order valence-electron chi connectivity index (χ3n) is 3.14. The fourth-order valence-corrected chi connectivity index (χ4v) is 2.01. The van der Waals surface area contributed by atoms with E-state index in [1.54, 1.807) is 0 Å². The van der Waals surface area contributed by atoms with Gasteiger partial charge in [-0.2, -0.15) is 0 Å². The summed E-state index contributed by atoms with van der Waals surface area (Å²) in [6, 6.07) is 0. The summed E-state index contributed by atoms with van der Waals surface area (Å²) in [5.41, 5.74) is 1.20. The molecule has 0 aromatic carbocycles. The standard InChI is InChI=1S/C14H26N2/c1-3-4-5-6-7-8-9-10-11-14-12-15-13-16(14)2/h12-13H,3-11H2,1-2H3/i13D. The Kier molecular flexibility index (Phi) is 6.12. The second kappa shape index (κ2) is 8.37. The van der Waals surface area contributed by atoms with E-state index in [0.717, 1.165) is 6.42 Å². The van der Waals surface area contributed by atoms with E-state index in [0.29, 0.717) is 6.30 Å². The summed E-state index contributed by atoms with van der Waals surface area (Å²) in [4.78, 5) is 3.99. The van der Waals surface area contributed by atoms with Crippen molar-refractivity contribution in [1.29, 1.82) is 0 Å². The molecule has 1 rings (SSSR count). The predicted molar refractivity (Wildman–Crippen MR) is 69.5 cm³/mol. The number of hydrogen-bond donors (Lipinski definition) is 0. The zero-order valence-electron chi connectivity index (χ0n) is 11.8. The van der Waals surface area contributed by atoms with Gasteiger partial charge >= 0.3 is 0 Å². The second-order valence-corrected chi connectivity index (χ2v) is 4.63. The number of hydrogen-bond acceptors (Lipinski definition) is 1. The van der Waals surface area contributed by atoms with Crippen molar-refractivity contribution in [3.8, 4) is 0 Å². The monoisotopic (exact) mass is 223 g/mol. The van der Waals surface area contributed by atoms with Gasteiger partial charge in [-0.15, -0.1) is 0 Å². The molecule has 0 spiro atoms. The number of imidazole rings is 1.